The monoisotopic (exact) mass is 224 g/mol. The fourth-order valence-electron chi connectivity index (χ4n) is 1.86. The van der Waals surface area contributed by atoms with Crippen LogP contribution in [0.2, 0.25) is 0 Å². The average Bonchev–Trinajstić information content (AvgIpc) is 2.14. The molecular formula is C11H16N2O3. The van der Waals surface area contributed by atoms with Gasteiger partial charge < -0.3 is 10.0 Å². The standard InChI is InChI=1S/C11H16N2O3/c1-8(4-7-12)13(2)9(14)11(10(15)16)5-3-6-11/h8H,3-6H2,1-2H3,(H,15,16). The third-order valence-corrected chi connectivity index (χ3v) is 3.39. The Labute approximate surface area is 94.7 Å². The number of carboxylic acids is 1. The highest BCUT2D eigenvalue weighted by Crippen LogP contribution is 2.42. The molecule has 5 nitrogen and oxygen atoms in total. The van der Waals surface area contributed by atoms with Gasteiger partial charge in [-0.2, -0.15) is 5.26 Å². The molecule has 0 aliphatic heterocycles. The molecule has 0 saturated heterocycles. The molecular weight excluding hydrogens is 208 g/mol. The number of rotatable bonds is 4. The minimum absolute atomic E-state index is 0.220. The molecule has 0 spiro atoms. The van der Waals surface area contributed by atoms with Crippen molar-refractivity contribution in [3.63, 3.8) is 0 Å². The molecule has 1 unspecified atom stereocenters. The van der Waals surface area contributed by atoms with Crippen molar-refractivity contribution in [2.75, 3.05) is 7.05 Å². The summed E-state index contributed by atoms with van der Waals surface area (Å²) in [6.07, 6.45) is 1.81. The first kappa shape index (κ1) is 12.5. The van der Waals surface area contributed by atoms with E-state index in [9.17, 15) is 9.59 Å². The molecule has 1 N–H and O–H groups in total. The molecule has 0 bridgehead atoms. The van der Waals surface area contributed by atoms with E-state index in [0.29, 0.717) is 12.8 Å². The minimum Gasteiger partial charge on any atom is -0.480 e. The molecule has 0 heterocycles. The predicted molar refractivity (Wildman–Crippen MR) is 56.4 cm³/mol. The molecule has 1 aliphatic rings. The molecule has 1 amide bonds. The van der Waals surface area contributed by atoms with Gasteiger partial charge in [0, 0.05) is 13.1 Å². The molecule has 16 heavy (non-hydrogen) atoms. The lowest BCUT2D eigenvalue weighted by Gasteiger charge is -2.40. The quantitative estimate of drug-likeness (QED) is 0.722. The largest absolute Gasteiger partial charge is 0.480 e. The Morgan fingerprint density at radius 3 is 2.44 bits per heavy atom. The predicted octanol–water partition coefficient (Wildman–Crippen LogP) is 1.00. The fraction of sp³-hybridized carbons (Fsp3) is 0.727. The van der Waals surface area contributed by atoms with Crippen molar-refractivity contribution in [2.24, 2.45) is 5.41 Å². The molecule has 1 saturated carbocycles. The Kier molecular flexibility index (Phi) is 3.53. The first-order chi connectivity index (χ1) is 7.45. The number of hydrogen-bond acceptors (Lipinski definition) is 3. The lowest BCUT2D eigenvalue weighted by molar-refractivity contribution is -0.167. The number of carboxylic acid groups (broad SMARTS) is 1. The van der Waals surface area contributed by atoms with Crippen molar-refractivity contribution >= 4 is 11.9 Å². The van der Waals surface area contributed by atoms with Gasteiger partial charge in [0.1, 0.15) is 5.41 Å². The van der Waals surface area contributed by atoms with Crippen molar-refractivity contribution in [1.82, 2.24) is 4.90 Å². The molecule has 1 fully saturated rings. The van der Waals surface area contributed by atoms with Crippen LogP contribution in [-0.4, -0.2) is 35.0 Å². The summed E-state index contributed by atoms with van der Waals surface area (Å²) in [6.45, 7) is 1.75. The minimum atomic E-state index is -1.22. The van der Waals surface area contributed by atoms with Gasteiger partial charge in [0.25, 0.3) is 0 Å². The summed E-state index contributed by atoms with van der Waals surface area (Å²) in [7, 11) is 1.56. The number of amides is 1. The van der Waals surface area contributed by atoms with Crippen LogP contribution < -0.4 is 0 Å². The number of hydrogen-bond donors (Lipinski definition) is 1. The summed E-state index contributed by atoms with van der Waals surface area (Å²) in [4.78, 5) is 24.5. The van der Waals surface area contributed by atoms with Crippen LogP contribution >= 0.6 is 0 Å². The van der Waals surface area contributed by atoms with Crippen molar-refractivity contribution in [3.8, 4) is 6.07 Å². The smallest absolute Gasteiger partial charge is 0.319 e. The third-order valence-electron chi connectivity index (χ3n) is 3.39. The normalized spacial score (nSPS) is 19.1. The molecule has 1 rings (SSSR count). The van der Waals surface area contributed by atoms with Crippen molar-refractivity contribution in [3.05, 3.63) is 0 Å². The van der Waals surface area contributed by atoms with Gasteiger partial charge in [-0.3, -0.25) is 9.59 Å². The van der Waals surface area contributed by atoms with Crippen LogP contribution in [0.5, 0.6) is 0 Å². The second kappa shape index (κ2) is 4.52. The van der Waals surface area contributed by atoms with Gasteiger partial charge in [0.05, 0.1) is 12.5 Å². The molecule has 0 aromatic carbocycles. The van der Waals surface area contributed by atoms with E-state index >= 15 is 0 Å². The highest BCUT2D eigenvalue weighted by Gasteiger charge is 2.52. The van der Waals surface area contributed by atoms with Gasteiger partial charge in [-0.1, -0.05) is 6.42 Å². The molecule has 1 aliphatic carbocycles. The van der Waals surface area contributed by atoms with Gasteiger partial charge in [0.15, 0.2) is 0 Å². The van der Waals surface area contributed by atoms with E-state index in [2.05, 4.69) is 0 Å². The summed E-state index contributed by atoms with van der Waals surface area (Å²) >= 11 is 0. The highest BCUT2D eigenvalue weighted by atomic mass is 16.4. The van der Waals surface area contributed by atoms with Crippen LogP contribution in [0.15, 0.2) is 0 Å². The Morgan fingerprint density at radius 1 is 1.56 bits per heavy atom. The molecule has 0 radical (unpaired) electrons. The Morgan fingerprint density at radius 2 is 2.12 bits per heavy atom. The molecule has 5 heteroatoms. The highest BCUT2D eigenvalue weighted by molar-refractivity contribution is 6.02. The number of carbonyl (C=O) groups excluding carboxylic acids is 1. The van der Waals surface area contributed by atoms with Gasteiger partial charge in [0.2, 0.25) is 5.91 Å². The third kappa shape index (κ3) is 1.87. The molecule has 0 aromatic heterocycles. The van der Waals surface area contributed by atoms with Crippen LogP contribution in [0, 0.1) is 16.7 Å². The first-order valence-corrected chi connectivity index (χ1v) is 5.33. The Hall–Kier alpha value is -1.57. The lowest BCUT2D eigenvalue weighted by Crippen LogP contribution is -2.53. The van der Waals surface area contributed by atoms with E-state index in [4.69, 9.17) is 10.4 Å². The molecule has 1 atom stereocenters. The summed E-state index contributed by atoms with van der Waals surface area (Å²) in [5, 5.41) is 17.6. The van der Waals surface area contributed by atoms with E-state index in [-0.39, 0.29) is 18.4 Å². The van der Waals surface area contributed by atoms with Gasteiger partial charge in [-0.05, 0) is 19.8 Å². The maximum Gasteiger partial charge on any atom is 0.319 e. The number of aliphatic carboxylic acids is 1. The Bertz CT molecular complexity index is 342. The van der Waals surface area contributed by atoms with Gasteiger partial charge in [-0.25, -0.2) is 0 Å². The SMILES string of the molecule is CC(CC#N)N(C)C(=O)C1(C(=O)O)CCC1. The second-order valence-electron chi connectivity index (χ2n) is 4.37. The lowest BCUT2D eigenvalue weighted by atomic mass is 9.67. The maximum atomic E-state index is 12.0. The molecule has 88 valence electrons. The topological polar surface area (TPSA) is 81.4 Å². The zero-order valence-corrected chi connectivity index (χ0v) is 9.56. The molecule has 0 aromatic rings. The fourth-order valence-corrected chi connectivity index (χ4v) is 1.86. The summed E-state index contributed by atoms with van der Waals surface area (Å²) in [5.41, 5.74) is -1.22. The Balaban J connectivity index is 2.77. The van der Waals surface area contributed by atoms with Crippen molar-refractivity contribution in [2.45, 2.75) is 38.6 Å². The van der Waals surface area contributed by atoms with Crippen LogP contribution in [0.25, 0.3) is 0 Å². The van der Waals surface area contributed by atoms with Crippen LogP contribution in [0.3, 0.4) is 0 Å². The van der Waals surface area contributed by atoms with Gasteiger partial charge in [-0.15, -0.1) is 0 Å². The van der Waals surface area contributed by atoms with E-state index in [1.54, 1.807) is 14.0 Å². The first-order valence-electron chi connectivity index (χ1n) is 5.33. The van der Waals surface area contributed by atoms with Crippen LogP contribution in [0.1, 0.15) is 32.6 Å². The van der Waals surface area contributed by atoms with E-state index in [0.717, 1.165) is 6.42 Å². The summed E-state index contributed by atoms with van der Waals surface area (Å²) < 4.78 is 0. The van der Waals surface area contributed by atoms with E-state index in [1.807, 2.05) is 6.07 Å². The summed E-state index contributed by atoms with van der Waals surface area (Å²) in [5.74, 6) is -1.41. The summed E-state index contributed by atoms with van der Waals surface area (Å²) in [6, 6.07) is 1.74. The number of nitrogens with zero attached hydrogens (tertiary/aromatic N) is 2. The van der Waals surface area contributed by atoms with Crippen LogP contribution in [0.4, 0.5) is 0 Å². The zero-order chi connectivity index (χ0) is 12.3. The maximum absolute atomic E-state index is 12.0. The second-order valence-corrected chi connectivity index (χ2v) is 4.37. The van der Waals surface area contributed by atoms with Crippen molar-refractivity contribution in [1.29, 1.82) is 5.26 Å². The van der Waals surface area contributed by atoms with Gasteiger partial charge >= 0.3 is 5.97 Å². The zero-order valence-electron chi connectivity index (χ0n) is 9.56. The van der Waals surface area contributed by atoms with Crippen LogP contribution in [-0.2, 0) is 9.59 Å². The van der Waals surface area contributed by atoms with E-state index in [1.165, 1.54) is 4.90 Å². The number of carbonyl (C=O) groups is 2. The average molecular weight is 224 g/mol. The van der Waals surface area contributed by atoms with E-state index < -0.39 is 11.4 Å². The van der Waals surface area contributed by atoms with Crippen molar-refractivity contribution < 1.29 is 14.7 Å². The number of nitriles is 1.